The van der Waals surface area contributed by atoms with Gasteiger partial charge in [0.1, 0.15) is 0 Å². The first-order valence-electron chi connectivity index (χ1n) is 32.7. The predicted octanol–water partition coefficient (Wildman–Crippen LogP) is 20.4. The topological polar surface area (TPSA) is 40.5 Å². The summed E-state index contributed by atoms with van der Waals surface area (Å²) in [5, 5.41) is 28.6. The van der Waals surface area contributed by atoms with Gasteiger partial charge in [-0.25, -0.2) is 0 Å². The van der Waals surface area contributed by atoms with Crippen LogP contribution < -0.4 is 0 Å². The number of hydrogen-bond acceptors (Lipinski definition) is 2. The standard InChI is InChI=1S/C78H96O2S2.Ti/c1-51-17-25-59(26-18-51)73-37-55-38-74(45-73,60-27-19-52(2)20-28-60)48-77(41-55,47-73)65-35-63(71(5,6)7)33-57(69(65)79)43-81-67-15-13-11-12-14-16-68(67)82-44-58-34-64(72(8,9)10)36-66(70(58)80)78-42-56-39-75(49-78,61-29-21-53(3)22-30-61)46-76(40-56,50-78)62-31-23-54(4)24-32-62;/h17-36,55-56,67-68,79-80H,11-16,37-50H2,1-10H3;/t55?,56?,67-,68-,73?,74?,75?,76?,77?,78?;/m0./s1. The Hall–Kier alpha value is -3.67. The van der Waals surface area contributed by atoms with Crippen molar-refractivity contribution in [1.82, 2.24) is 0 Å². The second-order valence-electron chi connectivity index (χ2n) is 32.0. The molecule has 0 radical (unpaired) electrons. The zero-order valence-corrected chi connectivity index (χ0v) is 55.4. The SMILES string of the molecule is Cc1ccc(C23CC4CC(c5ccc(C)cc5)(C2)CC(c2cc(C(C)(C)C)cc(C[S]5=[Ti]=[S](Cc6cc(C(C)(C)C)cc(C78CC9CC(c%10ccc(C)cc%10)(CC(c%10ccc(C)cc%10)(C9)C7)C8)c6O)[C@H]6CCCCCC[C@@H]65)c2O)(C4)C3)cc1. The van der Waals surface area contributed by atoms with E-state index < -0.39 is 15.5 Å². The summed E-state index contributed by atoms with van der Waals surface area (Å²) in [4.78, 5) is 0. The van der Waals surface area contributed by atoms with Gasteiger partial charge in [-0.05, 0) is 27.7 Å². The third kappa shape index (κ3) is 9.84. The van der Waals surface area contributed by atoms with Crippen LogP contribution in [0.2, 0.25) is 0 Å². The van der Waals surface area contributed by atoms with E-state index in [-0.39, 0.29) is 59.3 Å². The van der Waals surface area contributed by atoms with E-state index in [1.54, 1.807) is 0 Å². The maximum absolute atomic E-state index is 13.6. The summed E-state index contributed by atoms with van der Waals surface area (Å²) in [5.74, 6) is 4.63. The number of fused-ring (bicyclic) bond motifs is 1. The third-order valence-corrected chi connectivity index (χ3v) is 39.7. The molecule has 9 fully saturated rings. The van der Waals surface area contributed by atoms with Crippen molar-refractivity contribution in [2.45, 2.75) is 250 Å². The Balaban J connectivity index is 0.886. The first-order chi connectivity index (χ1) is 39.5. The molecular formula is C78H96O2S2Ti. The van der Waals surface area contributed by atoms with E-state index in [1.165, 1.54) is 168 Å². The predicted molar refractivity (Wildman–Crippen MR) is 349 cm³/mol. The zero-order chi connectivity index (χ0) is 57.7. The summed E-state index contributed by atoms with van der Waals surface area (Å²) >= 11 is -0.432. The molecule has 0 saturated heterocycles. The molecule has 2 N–H and O–H groups in total. The van der Waals surface area contributed by atoms with Crippen LogP contribution in [0.5, 0.6) is 11.5 Å². The molecule has 10 aliphatic rings. The van der Waals surface area contributed by atoms with E-state index in [0.29, 0.717) is 33.8 Å². The number of benzene rings is 6. The second-order valence-corrected chi connectivity index (χ2v) is 43.5. The van der Waals surface area contributed by atoms with Crippen LogP contribution in [-0.4, -0.2) is 20.7 Å². The maximum atomic E-state index is 13.6. The normalized spacial score (nSPS) is 34.2. The van der Waals surface area contributed by atoms with E-state index in [9.17, 15) is 10.2 Å². The molecule has 9 saturated carbocycles. The number of rotatable bonds is 10. The fraction of sp³-hybridized carbons (Fsp3) is 0.538. The van der Waals surface area contributed by atoms with Crippen LogP contribution in [0.3, 0.4) is 0 Å². The minimum atomic E-state index is -0.432. The monoisotopic (exact) mass is 1180 g/mol. The van der Waals surface area contributed by atoms with Crippen molar-refractivity contribution in [2.24, 2.45) is 11.8 Å². The van der Waals surface area contributed by atoms with Gasteiger partial charge in [-0.1, -0.05) is 0 Å². The first-order valence-corrected chi connectivity index (χ1v) is 39.4. The Morgan fingerprint density at radius 3 is 0.964 bits per heavy atom. The van der Waals surface area contributed by atoms with Gasteiger partial charge in [0.15, 0.2) is 0 Å². The van der Waals surface area contributed by atoms with Crippen molar-refractivity contribution in [3.63, 3.8) is 0 Å². The van der Waals surface area contributed by atoms with Crippen LogP contribution in [0, 0.1) is 39.5 Å². The van der Waals surface area contributed by atoms with Gasteiger partial charge in [0.2, 0.25) is 0 Å². The molecule has 0 aromatic heterocycles. The molecule has 6 aromatic rings. The molecule has 436 valence electrons. The van der Waals surface area contributed by atoms with Crippen molar-refractivity contribution in [1.29, 1.82) is 0 Å². The average molecular weight is 1180 g/mol. The average Bonchev–Trinajstić information content (AvgIpc) is 2.63. The summed E-state index contributed by atoms with van der Waals surface area (Å²) in [6.45, 7) is 23.5. The molecule has 8 atom stereocenters. The number of phenols is 2. The molecule has 5 heteroatoms. The van der Waals surface area contributed by atoms with Crippen LogP contribution >= 0.6 is 15.9 Å². The van der Waals surface area contributed by atoms with Gasteiger partial charge in [-0.3, -0.25) is 0 Å². The Bertz CT molecular complexity index is 3230. The molecule has 0 spiro atoms. The van der Waals surface area contributed by atoms with Gasteiger partial charge in [-0.15, -0.1) is 0 Å². The number of aryl methyl sites for hydroxylation is 4. The molecule has 2 nitrogen and oxygen atoms in total. The van der Waals surface area contributed by atoms with E-state index in [0.717, 1.165) is 37.2 Å². The van der Waals surface area contributed by atoms with Crippen LogP contribution in [-0.2, 0) is 70.3 Å². The summed E-state index contributed by atoms with van der Waals surface area (Å²) < 4.78 is 0. The van der Waals surface area contributed by atoms with Crippen molar-refractivity contribution in [2.75, 3.05) is 0 Å². The van der Waals surface area contributed by atoms with Crippen molar-refractivity contribution in [3.8, 4) is 11.5 Å². The molecular weight excluding hydrogens is 1080 g/mol. The van der Waals surface area contributed by atoms with Gasteiger partial charge >= 0.3 is 487 Å². The fourth-order valence-electron chi connectivity index (χ4n) is 20.6. The number of phenolic OH excluding ortho intramolecular Hbond substituents is 2. The molecule has 9 aliphatic carbocycles. The molecule has 6 aromatic carbocycles. The molecule has 16 rings (SSSR count). The molecule has 1 aliphatic heterocycles. The second kappa shape index (κ2) is 20.5. The quantitative estimate of drug-likeness (QED) is 0.134. The van der Waals surface area contributed by atoms with Gasteiger partial charge < -0.3 is 0 Å². The Morgan fingerprint density at radius 1 is 0.398 bits per heavy atom. The summed E-state index contributed by atoms with van der Waals surface area (Å²) in [6, 6.07) is 48.9. The summed E-state index contributed by atoms with van der Waals surface area (Å²) in [6.07, 6.45) is 22.4. The summed E-state index contributed by atoms with van der Waals surface area (Å²) in [5.41, 5.74) is 19.4. The van der Waals surface area contributed by atoms with E-state index in [1.807, 2.05) is 0 Å². The van der Waals surface area contributed by atoms with Gasteiger partial charge in [0.25, 0.3) is 0 Å². The van der Waals surface area contributed by atoms with Crippen molar-refractivity contribution >= 4 is 15.9 Å². The van der Waals surface area contributed by atoms with E-state index in [4.69, 9.17) is 0 Å². The Morgan fingerprint density at radius 2 is 0.675 bits per heavy atom. The van der Waals surface area contributed by atoms with Gasteiger partial charge in [0, 0.05) is 0 Å². The van der Waals surface area contributed by atoms with Crippen LogP contribution in [0.4, 0.5) is 0 Å². The molecule has 8 bridgehead atoms. The first kappa shape index (κ1) is 57.1. The molecule has 1 heterocycles. The van der Waals surface area contributed by atoms with Crippen molar-refractivity contribution in [3.05, 3.63) is 199 Å². The molecule has 0 amide bonds. The summed E-state index contributed by atoms with van der Waals surface area (Å²) in [7, 11) is 0.464. The molecule has 6 unspecified atom stereocenters. The minimum absolute atomic E-state index is 0.0471. The molecule has 83 heavy (non-hydrogen) atoms. The van der Waals surface area contributed by atoms with Crippen LogP contribution in [0.15, 0.2) is 121 Å². The van der Waals surface area contributed by atoms with Crippen LogP contribution in [0.1, 0.15) is 235 Å². The van der Waals surface area contributed by atoms with Crippen molar-refractivity contribution < 1.29 is 25.7 Å². The number of aromatic hydroxyl groups is 2. The Kier molecular flexibility index (Phi) is 14.1. The Labute approximate surface area is 510 Å². The zero-order valence-electron chi connectivity index (χ0n) is 52.2. The van der Waals surface area contributed by atoms with Gasteiger partial charge in [0.05, 0.1) is 0 Å². The number of hydrogen-bond donors (Lipinski definition) is 2. The van der Waals surface area contributed by atoms with Crippen LogP contribution in [0.25, 0.3) is 0 Å². The third-order valence-electron chi connectivity index (χ3n) is 23.8. The van der Waals surface area contributed by atoms with E-state index >= 15 is 0 Å². The van der Waals surface area contributed by atoms with E-state index in [2.05, 4.69) is 191 Å². The fourth-order valence-corrected chi connectivity index (χ4v) is 41.4. The van der Waals surface area contributed by atoms with Gasteiger partial charge in [-0.2, -0.15) is 0 Å².